The number of nitrogens with zero attached hydrogens (tertiary/aromatic N) is 3. The minimum Gasteiger partial charge on any atom is -0.378 e. The molecular weight excluding hydrogens is 224 g/mol. The number of nitrogens with one attached hydrogen (secondary N) is 1. The van der Waals surface area contributed by atoms with Gasteiger partial charge in [0.25, 0.3) is 0 Å². The molecule has 1 atom stereocenters. The van der Waals surface area contributed by atoms with Gasteiger partial charge in [-0.25, -0.2) is 0 Å². The molecule has 0 bridgehead atoms. The van der Waals surface area contributed by atoms with Gasteiger partial charge in [-0.1, -0.05) is 26.2 Å². The molecule has 0 amide bonds. The molecule has 3 heterocycles. The highest BCUT2D eigenvalue weighted by Gasteiger charge is 2.31. The summed E-state index contributed by atoms with van der Waals surface area (Å²) < 4.78 is 2.09. The van der Waals surface area contributed by atoms with Crippen molar-refractivity contribution in [1.29, 1.82) is 0 Å². The highest BCUT2D eigenvalue weighted by molar-refractivity contribution is 5.72. The van der Waals surface area contributed by atoms with Gasteiger partial charge in [-0.15, -0.1) is 0 Å². The molecule has 0 radical (unpaired) electrons. The number of rotatable bonds is 2. The summed E-state index contributed by atoms with van der Waals surface area (Å²) in [5.41, 5.74) is 2.55. The van der Waals surface area contributed by atoms with Crippen molar-refractivity contribution in [2.24, 2.45) is 7.05 Å². The summed E-state index contributed by atoms with van der Waals surface area (Å²) in [6.07, 6.45) is 7.63. The largest absolute Gasteiger partial charge is 0.378 e. The lowest BCUT2D eigenvalue weighted by atomic mass is 10.1. The van der Waals surface area contributed by atoms with E-state index in [9.17, 15) is 0 Å². The third kappa shape index (κ3) is 1.88. The lowest BCUT2D eigenvalue weighted by Gasteiger charge is -2.37. The third-order valence-electron chi connectivity index (χ3n) is 4.24. The van der Waals surface area contributed by atoms with Crippen LogP contribution < -0.4 is 10.2 Å². The van der Waals surface area contributed by atoms with Gasteiger partial charge >= 0.3 is 0 Å². The number of aromatic nitrogens is 2. The van der Waals surface area contributed by atoms with E-state index in [0.717, 1.165) is 19.4 Å². The Balaban J connectivity index is 1.97. The van der Waals surface area contributed by atoms with Crippen molar-refractivity contribution >= 4 is 11.5 Å². The molecule has 1 fully saturated rings. The standard InChI is InChI=1S/C14H24N4/c1-3-7-12-13-14(17(2)16-12)18-9-6-4-5-8-11(18)10-15-13/h11,15H,3-10H2,1-2H3. The van der Waals surface area contributed by atoms with Crippen LogP contribution in [0.1, 0.15) is 44.7 Å². The van der Waals surface area contributed by atoms with Crippen LogP contribution in [-0.4, -0.2) is 28.9 Å². The Kier molecular flexibility index (Phi) is 3.18. The average molecular weight is 248 g/mol. The highest BCUT2D eigenvalue weighted by atomic mass is 15.4. The smallest absolute Gasteiger partial charge is 0.150 e. The number of aryl methyl sites for hydroxylation is 2. The second-order valence-corrected chi connectivity index (χ2v) is 5.60. The molecule has 18 heavy (non-hydrogen) atoms. The summed E-state index contributed by atoms with van der Waals surface area (Å²) in [5, 5.41) is 8.35. The van der Waals surface area contributed by atoms with E-state index in [4.69, 9.17) is 5.10 Å². The Morgan fingerprint density at radius 3 is 3.06 bits per heavy atom. The first-order valence-corrected chi connectivity index (χ1v) is 7.37. The van der Waals surface area contributed by atoms with Crippen LogP contribution in [0.4, 0.5) is 11.5 Å². The molecule has 0 spiro atoms. The van der Waals surface area contributed by atoms with Gasteiger partial charge in [0.05, 0.1) is 5.69 Å². The van der Waals surface area contributed by atoms with Crippen LogP contribution in [0.15, 0.2) is 0 Å². The van der Waals surface area contributed by atoms with E-state index >= 15 is 0 Å². The molecule has 4 heteroatoms. The summed E-state index contributed by atoms with van der Waals surface area (Å²) in [5.74, 6) is 1.33. The molecule has 3 rings (SSSR count). The molecule has 1 N–H and O–H groups in total. The molecule has 1 aromatic heterocycles. The molecule has 2 aliphatic heterocycles. The average Bonchev–Trinajstić information content (AvgIpc) is 2.56. The fraction of sp³-hybridized carbons (Fsp3) is 0.786. The molecule has 1 unspecified atom stereocenters. The SMILES string of the molecule is CCCc1nn(C)c2c1NCC1CCCCCN21. The lowest BCUT2D eigenvalue weighted by molar-refractivity contribution is 0.565. The van der Waals surface area contributed by atoms with Crippen LogP contribution in [-0.2, 0) is 13.5 Å². The first-order chi connectivity index (χ1) is 8.81. The zero-order valence-corrected chi connectivity index (χ0v) is 11.6. The van der Waals surface area contributed by atoms with E-state index in [0.29, 0.717) is 6.04 Å². The quantitative estimate of drug-likeness (QED) is 0.873. The van der Waals surface area contributed by atoms with E-state index < -0.39 is 0 Å². The van der Waals surface area contributed by atoms with Gasteiger partial charge < -0.3 is 10.2 Å². The van der Waals surface area contributed by atoms with Gasteiger partial charge in [-0.2, -0.15) is 5.10 Å². The minimum absolute atomic E-state index is 0.671. The Morgan fingerprint density at radius 1 is 1.33 bits per heavy atom. The van der Waals surface area contributed by atoms with E-state index in [2.05, 4.69) is 28.9 Å². The summed E-state index contributed by atoms with van der Waals surface area (Å²) in [7, 11) is 2.09. The Bertz CT molecular complexity index is 424. The molecule has 2 aliphatic rings. The first kappa shape index (κ1) is 11.9. The van der Waals surface area contributed by atoms with Crippen LogP contribution >= 0.6 is 0 Å². The number of anilines is 2. The summed E-state index contributed by atoms with van der Waals surface area (Å²) in [6, 6.07) is 0.671. The summed E-state index contributed by atoms with van der Waals surface area (Å²) >= 11 is 0. The zero-order valence-electron chi connectivity index (χ0n) is 11.6. The van der Waals surface area contributed by atoms with Crippen LogP contribution in [0.25, 0.3) is 0 Å². The predicted molar refractivity (Wildman–Crippen MR) is 75.3 cm³/mol. The maximum atomic E-state index is 4.72. The number of hydrogen-bond donors (Lipinski definition) is 1. The van der Waals surface area contributed by atoms with Crippen LogP contribution in [0.3, 0.4) is 0 Å². The monoisotopic (exact) mass is 248 g/mol. The number of fused-ring (bicyclic) bond motifs is 3. The van der Waals surface area contributed by atoms with E-state index in [1.807, 2.05) is 0 Å². The second-order valence-electron chi connectivity index (χ2n) is 5.60. The second kappa shape index (κ2) is 4.82. The summed E-state index contributed by atoms with van der Waals surface area (Å²) in [6.45, 7) is 4.51. The molecule has 1 saturated heterocycles. The van der Waals surface area contributed by atoms with Crippen molar-refractivity contribution < 1.29 is 0 Å². The Hall–Kier alpha value is -1.19. The van der Waals surface area contributed by atoms with E-state index in [1.165, 1.54) is 49.4 Å². The van der Waals surface area contributed by atoms with Crippen molar-refractivity contribution in [1.82, 2.24) is 9.78 Å². The normalized spacial score (nSPS) is 23.0. The third-order valence-corrected chi connectivity index (χ3v) is 4.24. The molecule has 100 valence electrons. The fourth-order valence-electron chi connectivity index (χ4n) is 3.38. The van der Waals surface area contributed by atoms with Gasteiger partial charge in [0.1, 0.15) is 5.69 Å². The van der Waals surface area contributed by atoms with Crippen LogP contribution in [0.5, 0.6) is 0 Å². The molecule has 1 aromatic rings. The highest BCUT2D eigenvalue weighted by Crippen LogP contribution is 2.37. The maximum Gasteiger partial charge on any atom is 0.150 e. The molecule has 4 nitrogen and oxygen atoms in total. The Morgan fingerprint density at radius 2 is 2.22 bits per heavy atom. The van der Waals surface area contributed by atoms with Gasteiger partial charge in [0, 0.05) is 26.2 Å². The minimum atomic E-state index is 0.671. The fourth-order valence-corrected chi connectivity index (χ4v) is 3.38. The maximum absolute atomic E-state index is 4.72. The first-order valence-electron chi connectivity index (χ1n) is 7.37. The van der Waals surface area contributed by atoms with Crippen molar-refractivity contribution in [3.63, 3.8) is 0 Å². The van der Waals surface area contributed by atoms with E-state index in [1.54, 1.807) is 0 Å². The van der Waals surface area contributed by atoms with Gasteiger partial charge in [0.2, 0.25) is 0 Å². The molecule has 0 aliphatic carbocycles. The van der Waals surface area contributed by atoms with Crippen LogP contribution in [0.2, 0.25) is 0 Å². The van der Waals surface area contributed by atoms with Crippen molar-refractivity contribution in [2.75, 3.05) is 23.3 Å². The van der Waals surface area contributed by atoms with Gasteiger partial charge in [-0.05, 0) is 19.3 Å². The van der Waals surface area contributed by atoms with Crippen LogP contribution in [0, 0.1) is 0 Å². The molecule has 0 saturated carbocycles. The van der Waals surface area contributed by atoms with Crippen molar-refractivity contribution in [2.45, 2.75) is 51.5 Å². The summed E-state index contributed by atoms with van der Waals surface area (Å²) in [4.78, 5) is 2.60. The zero-order chi connectivity index (χ0) is 12.5. The van der Waals surface area contributed by atoms with E-state index in [-0.39, 0.29) is 0 Å². The molecule has 0 aromatic carbocycles. The topological polar surface area (TPSA) is 33.1 Å². The lowest BCUT2D eigenvalue weighted by Crippen LogP contribution is -2.44. The van der Waals surface area contributed by atoms with Gasteiger partial charge in [0.15, 0.2) is 5.82 Å². The number of hydrogen-bond acceptors (Lipinski definition) is 3. The van der Waals surface area contributed by atoms with Crippen molar-refractivity contribution in [3.05, 3.63) is 5.69 Å². The van der Waals surface area contributed by atoms with Gasteiger partial charge in [-0.3, -0.25) is 4.68 Å². The van der Waals surface area contributed by atoms with Crippen molar-refractivity contribution in [3.8, 4) is 0 Å². The predicted octanol–water partition coefficient (Wildman–Crippen LogP) is 2.55. The Labute approximate surface area is 109 Å². The molecular formula is C14H24N4.